The molecule has 0 saturated carbocycles. The third-order valence-electron chi connectivity index (χ3n) is 4.24. The highest BCUT2D eigenvalue weighted by Crippen LogP contribution is 2.43. The number of fused-ring (bicyclic) bond motifs is 3. The second-order valence-corrected chi connectivity index (χ2v) is 6.00. The molecule has 0 aliphatic carbocycles. The lowest BCUT2D eigenvalue weighted by Crippen LogP contribution is -2.39. The number of aliphatic hydroxyl groups excluding tert-OH is 1. The number of aliphatic hydroxyl groups is 2. The zero-order chi connectivity index (χ0) is 14.5. The van der Waals surface area contributed by atoms with E-state index in [1.54, 1.807) is 0 Å². The normalized spacial score (nSPS) is 32.4. The first-order chi connectivity index (χ1) is 9.35. The van der Waals surface area contributed by atoms with E-state index in [-0.39, 0.29) is 24.7 Å². The summed E-state index contributed by atoms with van der Waals surface area (Å²) in [4.78, 5) is 0. The van der Waals surface area contributed by atoms with Gasteiger partial charge in [-0.1, -0.05) is 0 Å². The Morgan fingerprint density at radius 2 is 2.25 bits per heavy atom. The second-order valence-electron chi connectivity index (χ2n) is 6.00. The van der Waals surface area contributed by atoms with Crippen LogP contribution in [0, 0.1) is 0 Å². The number of rotatable bonds is 1. The Labute approximate surface area is 115 Å². The Balaban J connectivity index is 2.05. The first kappa shape index (κ1) is 13.9. The molecule has 3 heterocycles. The van der Waals surface area contributed by atoms with E-state index in [4.69, 9.17) is 0 Å². The predicted octanol–water partition coefficient (Wildman–Crippen LogP) is 0.526. The molecule has 0 aromatic carbocycles. The number of hydrogen-bond acceptors (Lipinski definition) is 4. The average Bonchev–Trinajstić information content (AvgIpc) is 2.69. The topological polar surface area (TPSA) is 70.3 Å². The molecule has 1 aromatic rings. The van der Waals surface area contributed by atoms with E-state index in [1.807, 2.05) is 6.92 Å². The molecule has 1 aromatic heterocycles. The summed E-state index contributed by atoms with van der Waals surface area (Å²) < 4.78 is 30.3. The van der Waals surface area contributed by atoms with Gasteiger partial charge in [0.2, 0.25) is 0 Å². The third-order valence-corrected chi connectivity index (χ3v) is 4.24. The van der Waals surface area contributed by atoms with Crippen LogP contribution in [0.2, 0.25) is 0 Å². The fraction of sp³-hybridized carbons (Fsp3) is 0.769. The number of nitrogens with one attached hydrogen (secondary N) is 1. The second kappa shape index (κ2) is 4.47. The SMILES string of the molecule is C[C@@H]1Cc2nn3c(c2CN1)C(F)(F)C[C@@](O)(CO)CC3. The fourth-order valence-electron chi connectivity index (χ4n) is 3.14. The Morgan fingerprint density at radius 1 is 1.50 bits per heavy atom. The van der Waals surface area contributed by atoms with Gasteiger partial charge < -0.3 is 15.5 Å². The van der Waals surface area contributed by atoms with E-state index < -0.39 is 24.6 Å². The highest BCUT2D eigenvalue weighted by molar-refractivity contribution is 5.33. The molecular weight excluding hydrogens is 268 g/mol. The molecule has 2 aliphatic rings. The van der Waals surface area contributed by atoms with Crippen molar-refractivity contribution in [2.45, 2.75) is 56.8 Å². The molecule has 0 amide bonds. The minimum atomic E-state index is -3.18. The molecule has 0 fully saturated rings. The molecule has 0 saturated heterocycles. The fourth-order valence-corrected chi connectivity index (χ4v) is 3.14. The zero-order valence-corrected chi connectivity index (χ0v) is 11.4. The first-order valence-corrected chi connectivity index (χ1v) is 6.88. The van der Waals surface area contributed by atoms with Gasteiger partial charge in [0.15, 0.2) is 0 Å². The van der Waals surface area contributed by atoms with E-state index in [9.17, 15) is 19.0 Å². The Hall–Kier alpha value is -1.05. The van der Waals surface area contributed by atoms with E-state index in [0.29, 0.717) is 18.5 Å². The summed E-state index contributed by atoms with van der Waals surface area (Å²) in [6.45, 7) is 1.91. The molecule has 0 bridgehead atoms. The molecule has 7 heteroatoms. The highest BCUT2D eigenvalue weighted by atomic mass is 19.3. The van der Waals surface area contributed by atoms with Gasteiger partial charge in [0.05, 0.1) is 17.9 Å². The van der Waals surface area contributed by atoms with Crippen molar-refractivity contribution >= 4 is 0 Å². The van der Waals surface area contributed by atoms with E-state index in [1.165, 1.54) is 4.68 Å². The molecule has 3 rings (SSSR count). The van der Waals surface area contributed by atoms with Crippen molar-refractivity contribution < 1.29 is 19.0 Å². The van der Waals surface area contributed by atoms with Gasteiger partial charge in [0.25, 0.3) is 5.92 Å². The summed E-state index contributed by atoms with van der Waals surface area (Å²) in [5.41, 5.74) is -0.570. The standard InChI is InChI=1S/C13H19F2N3O2/c1-8-4-10-9(5-16-8)11-13(14,15)6-12(20,7-19)2-3-18(11)17-10/h8,16,19-20H,2-7H2,1H3/t8-,12-/m1/s1. The number of aryl methyl sites for hydroxylation is 1. The van der Waals surface area contributed by atoms with Crippen LogP contribution in [0.25, 0.3) is 0 Å². The minimum absolute atomic E-state index is 0.0790. The molecule has 0 radical (unpaired) electrons. The van der Waals surface area contributed by atoms with Gasteiger partial charge in [-0.15, -0.1) is 0 Å². The van der Waals surface area contributed by atoms with Gasteiger partial charge >= 0.3 is 0 Å². The van der Waals surface area contributed by atoms with Gasteiger partial charge in [-0.3, -0.25) is 4.68 Å². The molecular formula is C13H19F2N3O2. The van der Waals surface area contributed by atoms with Crippen molar-refractivity contribution in [3.05, 3.63) is 17.0 Å². The number of aromatic nitrogens is 2. The largest absolute Gasteiger partial charge is 0.393 e. The maximum atomic E-state index is 14.5. The third kappa shape index (κ3) is 2.13. The van der Waals surface area contributed by atoms with Crippen LogP contribution in [0.5, 0.6) is 0 Å². The van der Waals surface area contributed by atoms with Crippen molar-refractivity contribution in [3.63, 3.8) is 0 Å². The van der Waals surface area contributed by atoms with Crippen LogP contribution in [-0.2, 0) is 25.4 Å². The summed E-state index contributed by atoms with van der Waals surface area (Å²) in [7, 11) is 0. The molecule has 2 aliphatic heterocycles. The molecule has 5 nitrogen and oxygen atoms in total. The smallest absolute Gasteiger partial charge is 0.292 e. The molecule has 2 atom stereocenters. The number of alkyl halides is 2. The maximum Gasteiger partial charge on any atom is 0.292 e. The summed E-state index contributed by atoms with van der Waals surface area (Å²) >= 11 is 0. The van der Waals surface area contributed by atoms with E-state index in [2.05, 4.69) is 10.4 Å². The number of nitrogens with zero attached hydrogens (tertiary/aromatic N) is 2. The van der Waals surface area contributed by atoms with Crippen LogP contribution >= 0.6 is 0 Å². The Kier molecular flexibility index (Phi) is 3.11. The summed E-state index contributed by atoms with van der Waals surface area (Å²) in [5.74, 6) is -3.18. The van der Waals surface area contributed by atoms with Crippen molar-refractivity contribution in [2.24, 2.45) is 0 Å². The first-order valence-electron chi connectivity index (χ1n) is 6.88. The van der Waals surface area contributed by atoms with Crippen LogP contribution in [-0.4, -0.2) is 38.2 Å². The van der Waals surface area contributed by atoms with Crippen LogP contribution in [0.15, 0.2) is 0 Å². The highest BCUT2D eigenvalue weighted by Gasteiger charge is 2.49. The van der Waals surface area contributed by atoms with Gasteiger partial charge in [-0.05, 0) is 13.3 Å². The minimum Gasteiger partial charge on any atom is -0.393 e. The lowest BCUT2D eigenvalue weighted by molar-refractivity contribution is -0.112. The van der Waals surface area contributed by atoms with Crippen molar-refractivity contribution in [2.75, 3.05) is 6.61 Å². The van der Waals surface area contributed by atoms with Gasteiger partial charge in [0, 0.05) is 37.5 Å². The molecule has 3 N–H and O–H groups in total. The van der Waals surface area contributed by atoms with Gasteiger partial charge in [-0.25, -0.2) is 0 Å². The number of halogens is 2. The van der Waals surface area contributed by atoms with Crippen molar-refractivity contribution in [1.82, 2.24) is 15.1 Å². The van der Waals surface area contributed by atoms with Crippen molar-refractivity contribution in [1.29, 1.82) is 0 Å². The Bertz CT molecular complexity index is 532. The van der Waals surface area contributed by atoms with Crippen molar-refractivity contribution in [3.8, 4) is 0 Å². The number of hydrogen-bond donors (Lipinski definition) is 3. The Morgan fingerprint density at radius 3 is 2.95 bits per heavy atom. The molecule has 0 spiro atoms. The monoisotopic (exact) mass is 287 g/mol. The molecule has 112 valence electrons. The summed E-state index contributed by atoms with van der Waals surface area (Å²) in [5, 5.41) is 26.7. The van der Waals surface area contributed by atoms with E-state index in [0.717, 1.165) is 5.69 Å². The lowest BCUT2D eigenvalue weighted by Gasteiger charge is -2.28. The lowest BCUT2D eigenvalue weighted by atomic mass is 9.91. The van der Waals surface area contributed by atoms with Crippen LogP contribution < -0.4 is 5.32 Å². The maximum absolute atomic E-state index is 14.5. The summed E-state index contributed by atoms with van der Waals surface area (Å²) in [6, 6.07) is 0.227. The zero-order valence-electron chi connectivity index (χ0n) is 11.4. The molecule has 20 heavy (non-hydrogen) atoms. The van der Waals surface area contributed by atoms with Crippen LogP contribution in [0.1, 0.15) is 36.7 Å². The summed E-state index contributed by atoms with van der Waals surface area (Å²) in [6.07, 6.45) is -0.0461. The van der Waals surface area contributed by atoms with Crippen LogP contribution in [0.4, 0.5) is 8.78 Å². The average molecular weight is 287 g/mol. The van der Waals surface area contributed by atoms with E-state index >= 15 is 0 Å². The molecule has 0 unspecified atom stereocenters. The van der Waals surface area contributed by atoms with Gasteiger partial charge in [-0.2, -0.15) is 13.9 Å². The predicted molar refractivity (Wildman–Crippen MR) is 67.4 cm³/mol. The van der Waals surface area contributed by atoms with Crippen LogP contribution in [0.3, 0.4) is 0 Å². The van der Waals surface area contributed by atoms with Gasteiger partial charge in [0.1, 0.15) is 5.69 Å². The quantitative estimate of drug-likeness (QED) is 0.704.